The van der Waals surface area contributed by atoms with E-state index in [0.717, 1.165) is 19.0 Å². The number of nitrogens with zero attached hydrogens (tertiary/aromatic N) is 3. The first-order valence-electron chi connectivity index (χ1n) is 6.41. The summed E-state index contributed by atoms with van der Waals surface area (Å²) in [5.74, 6) is -0.466. The van der Waals surface area contributed by atoms with Gasteiger partial charge in [-0.3, -0.25) is 0 Å². The van der Waals surface area contributed by atoms with Crippen LogP contribution in [0.5, 0.6) is 0 Å². The zero-order valence-electron chi connectivity index (χ0n) is 11.5. The highest BCUT2D eigenvalue weighted by molar-refractivity contribution is 5.85. The molecule has 1 unspecified atom stereocenters. The number of methoxy groups -OCH3 is 1. The summed E-state index contributed by atoms with van der Waals surface area (Å²) in [6.45, 7) is 1.35. The van der Waals surface area contributed by atoms with Crippen LogP contribution in [-0.4, -0.2) is 53.4 Å². The van der Waals surface area contributed by atoms with Gasteiger partial charge in [-0.1, -0.05) is 0 Å². The third kappa shape index (κ3) is 4.16. The molecule has 0 saturated carbocycles. The van der Waals surface area contributed by atoms with Crippen LogP contribution in [0.3, 0.4) is 0 Å². The van der Waals surface area contributed by atoms with Gasteiger partial charge in [-0.25, -0.2) is 19.6 Å². The van der Waals surface area contributed by atoms with Crippen molar-refractivity contribution >= 4 is 24.1 Å². The molecule has 1 aromatic heterocycles. The van der Waals surface area contributed by atoms with Crippen LogP contribution in [0.4, 0.5) is 10.7 Å². The smallest absolute Gasteiger partial charge is 0.407 e. The molecule has 112 valence electrons. The Bertz CT molecular complexity index is 544. The van der Waals surface area contributed by atoms with E-state index in [0.29, 0.717) is 18.1 Å². The lowest BCUT2D eigenvalue weighted by atomic mass is 10.3. The van der Waals surface area contributed by atoms with Crippen molar-refractivity contribution in [3.05, 3.63) is 24.0 Å². The van der Waals surface area contributed by atoms with Crippen molar-refractivity contribution in [2.75, 3.05) is 25.1 Å². The van der Waals surface area contributed by atoms with E-state index in [1.54, 1.807) is 12.4 Å². The Balaban J connectivity index is 1.94. The van der Waals surface area contributed by atoms with Crippen LogP contribution in [0, 0.1) is 0 Å². The number of ether oxygens (including phenoxy) is 1. The number of anilines is 1. The average Bonchev–Trinajstić information content (AvgIpc) is 2.94. The highest BCUT2D eigenvalue weighted by atomic mass is 16.5. The summed E-state index contributed by atoms with van der Waals surface area (Å²) >= 11 is 0. The number of amides is 1. The molecule has 1 atom stereocenters. The predicted molar refractivity (Wildman–Crippen MR) is 74.9 cm³/mol. The molecule has 1 saturated heterocycles. The normalized spacial score (nSPS) is 18.0. The number of aromatic nitrogens is 2. The highest BCUT2D eigenvalue weighted by Gasteiger charge is 2.25. The van der Waals surface area contributed by atoms with Crippen LogP contribution >= 0.6 is 0 Å². The Kier molecular flexibility index (Phi) is 4.70. The van der Waals surface area contributed by atoms with E-state index < -0.39 is 12.1 Å². The lowest BCUT2D eigenvalue weighted by Gasteiger charge is -2.16. The second kappa shape index (κ2) is 6.69. The molecule has 8 heteroatoms. The van der Waals surface area contributed by atoms with Gasteiger partial charge in [0.15, 0.2) is 0 Å². The Morgan fingerprint density at radius 1 is 1.48 bits per heavy atom. The third-order valence-electron chi connectivity index (χ3n) is 3.06. The van der Waals surface area contributed by atoms with Crippen LogP contribution in [-0.2, 0) is 9.53 Å². The molecule has 0 radical (unpaired) electrons. The molecular formula is C13H16N4O4. The van der Waals surface area contributed by atoms with E-state index in [1.165, 1.54) is 13.2 Å². The number of nitrogens with one attached hydrogen (secondary N) is 1. The summed E-state index contributed by atoms with van der Waals surface area (Å²) in [4.78, 5) is 31.9. The van der Waals surface area contributed by atoms with Crippen molar-refractivity contribution in [2.45, 2.75) is 12.5 Å². The molecule has 0 bridgehead atoms. The molecule has 2 N–H and O–H groups in total. The number of carboxylic acid groups (broad SMARTS) is 1. The Hall–Kier alpha value is -2.64. The molecule has 2 rings (SSSR count). The average molecular weight is 292 g/mol. The van der Waals surface area contributed by atoms with Crippen LogP contribution < -0.4 is 10.2 Å². The summed E-state index contributed by atoms with van der Waals surface area (Å²) in [6.07, 6.45) is 5.92. The molecule has 2 heterocycles. The molecule has 1 fully saturated rings. The van der Waals surface area contributed by atoms with Crippen molar-refractivity contribution in [3.8, 4) is 0 Å². The fourth-order valence-corrected chi connectivity index (χ4v) is 2.03. The summed E-state index contributed by atoms with van der Waals surface area (Å²) < 4.78 is 4.56. The van der Waals surface area contributed by atoms with E-state index in [9.17, 15) is 9.59 Å². The molecular weight excluding hydrogens is 276 g/mol. The quantitative estimate of drug-likeness (QED) is 0.779. The van der Waals surface area contributed by atoms with E-state index in [4.69, 9.17) is 5.11 Å². The Labute approximate surface area is 121 Å². The fourth-order valence-electron chi connectivity index (χ4n) is 2.03. The maximum Gasteiger partial charge on any atom is 0.407 e. The molecule has 0 aliphatic carbocycles. The van der Waals surface area contributed by atoms with Gasteiger partial charge in [0.05, 0.1) is 13.2 Å². The van der Waals surface area contributed by atoms with Crippen LogP contribution in [0.1, 0.15) is 12.0 Å². The largest absolute Gasteiger partial charge is 0.478 e. The van der Waals surface area contributed by atoms with Crippen molar-refractivity contribution in [3.63, 3.8) is 0 Å². The van der Waals surface area contributed by atoms with E-state index in [1.807, 2.05) is 4.90 Å². The molecule has 1 aliphatic rings. The third-order valence-corrected chi connectivity index (χ3v) is 3.06. The molecule has 21 heavy (non-hydrogen) atoms. The zero-order chi connectivity index (χ0) is 15.2. The maximum absolute atomic E-state index is 11.1. The summed E-state index contributed by atoms with van der Waals surface area (Å²) in [5, 5.41) is 11.3. The highest BCUT2D eigenvalue weighted by Crippen LogP contribution is 2.16. The van der Waals surface area contributed by atoms with Crippen LogP contribution in [0.25, 0.3) is 6.08 Å². The standard InChI is InChI=1S/C13H16N4O4/c1-21-13(20)16-10-4-5-17(8-10)12-14-6-9(7-15-12)2-3-11(18)19/h2-3,6-7,10H,4-5,8H2,1H3,(H,16,20)(H,18,19)/b3-2+. The Morgan fingerprint density at radius 2 is 2.19 bits per heavy atom. The van der Waals surface area contributed by atoms with E-state index in [-0.39, 0.29) is 6.04 Å². The lowest BCUT2D eigenvalue weighted by Crippen LogP contribution is -2.37. The number of carbonyl (C=O) groups excluding carboxylic acids is 1. The van der Waals surface area contributed by atoms with Crippen molar-refractivity contribution in [2.24, 2.45) is 0 Å². The molecule has 8 nitrogen and oxygen atoms in total. The van der Waals surface area contributed by atoms with Gasteiger partial charge < -0.3 is 20.1 Å². The molecule has 0 aromatic carbocycles. The van der Waals surface area contributed by atoms with E-state index in [2.05, 4.69) is 20.0 Å². The number of carbonyl (C=O) groups is 2. The minimum absolute atomic E-state index is 0.00707. The minimum atomic E-state index is -1.02. The van der Waals surface area contributed by atoms with Gasteiger partial charge in [-0.05, 0) is 12.5 Å². The van der Waals surface area contributed by atoms with Gasteiger partial charge in [-0.2, -0.15) is 0 Å². The van der Waals surface area contributed by atoms with Crippen molar-refractivity contribution < 1.29 is 19.4 Å². The number of aliphatic carboxylic acids is 1. The van der Waals surface area contributed by atoms with Gasteiger partial charge in [0.2, 0.25) is 5.95 Å². The van der Waals surface area contributed by atoms with Crippen LogP contribution in [0.15, 0.2) is 18.5 Å². The summed E-state index contributed by atoms with van der Waals surface area (Å²) in [6, 6.07) is 0.00707. The SMILES string of the molecule is COC(=O)NC1CCN(c2ncc(/C=C/C(=O)O)cn2)C1. The molecule has 0 spiro atoms. The second-order valence-corrected chi connectivity index (χ2v) is 4.56. The first-order chi connectivity index (χ1) is 10.1. The summed E-state index contributed by atoms with van der Waals surface area (Å²) in [7, 11) is 1.33. The first kappa shape index (κ1) is 14.8. The monoisotopic (exact) mass is 292 g/mol. The number of hydrogen-bond donors (Lipinski definition) is 2. The van der Waals surface area contributed by atoms with Gasteiger partial charge in [0.1, 0.15) is 0 Å². The topological polar surface area (TPSA) is 105 Å². The first-order valence-corrected chi connectivity index (χ1v) is 6.41. The zero-order valence-corrected chi connectivity index (χ0v) is 11.5. The summed E-state index contributed by atoms with van der Waals surface area (Å²) in [5.41, 5.74) is 0.615. The maximum atomic E-state index is 11.1. The van der Waals surface area contributed by atoms with Gasteiger partial charge in [-0.15, -0.1) is 0 Å². The minimum Gasteiger partial charge on any atom is -0.478 e. The number of hydrogen-bond acceptors (Lipinski definition) is 6. The van der Waals surface area contributed by atoms with Crippen molar-refractivity contribution in [1.29, 1.82) is 0 Å². The van der Waals surface area contributed by atoms with Crippen molar-refractivity contribution in [1.82, 2.24) is 15.3 Å². The number of rotatable bonds is 4. The van der Waals surface area contributed by atoms with E-state index >= 15 is 0 Å². The molecule has 1 aliphatic heterocycles. The lowest BCUT2D eigenvalue weighted by molar-refractivity contribution is -0.131. The second-order valence-electron chi connectivity index (χ2n) is 4.56. The van der Waals surface area contributed by atoms with Gasteiger partial charge in [0, 0.05) is 37.1 Å². The Morgan fingerprint density at radius 3 is 2.81 bits per heavy atom. The number of carboxylic acids is 1. The van der Waals surface area contributed by atoms with Gasteiger partial charge in [0.25, 0.3) is 0 Å². The fraction of sp³-hybridized carbons (Fsp3) is 0.385. The van der Waals surface area contributed by atoms with Crippen LogP contribution in [0.2, 0.25) is 0 Å². The van der Waals surface area contributed by atoms with Gasteiger partial charge >= 0.3 is 12.1 Å². The number of alkyl carbamates (subject to hydrolysis) is 1. The predicted octanol–water partition coefficient (Wildman–Crippen LogP) is 0.509. The molecule has 1 amide bonds. The molecule has 1 aromatic rings.